The first kappa shape index (κ1) is 19.0. The number of likely N-dealkylation sites (tertiary alicyclic amines) is 1. The minimum Gasteiger partial charge on any atom is -0.478 e. The molecular weight excluding hydrogens is 341 g/mol. The van der Waals surface area contributed by atoms with E-state index in [0.29, 0.717) is 5.56 Å². The molecule has 2 rings (SSSR count). The van der Waals surface area contributed by atoms with Crippen LogP contribution >= 0.6 is 0 Å². The van der Waals surface area contributed by atoms with Gasteiger partial charge in [-0.15, -0.1) is 0 Å². The molecule has 2 amide bonds. The molecule has 1 aliphatic heterocycles. The Morgan fingerprint density at radius 3 is 2.40 bits per heavy atom. The number of aliphatic hydroxyl groups is 1. The van der Waals surface area contributed by atoms with Gasteiger partial charge < -0.3 is 20.4 Å². The van der Waals surface area contributed by atoms with Crippen molar-refractivity contribution in [2.45, 2.75) is 19.1 Å². The summed E-state index contributed by atoms with van der Waals surface area (Å²) >= 11 is 0. The van der Waals surface area contributed by atoms with E-state index in [-0.39, 0.29) is 31.6 Å². The average molecular weight is 360 g/mol. The van der Waals surface area contributed by atoms with E-state index in [9.17, 15) is 27.9 Å². The zero-order valence-corrected chi connectivity index (χ0v) is 13.3. The number of carboxylic acids is 1. The van der Waals surface area contributed by atoms with Gasteiger partial charge in [0.1, 0.15) is 0 Å². The summed E-state index contributed by atoms with van der Waals surface area (Å²) in [5.41, 5.74) is 0.789. The lowest BCUT2D eigenvalue weighted by molar-refractivity contribution is -0.202. The van der Waals surface area contributed by atoms with E-state index in [4.69, 9.17) is 5.11 Å². The molecule has 2 unspecified atom stereocenters. The summed E-state index contributed by atoms with van der Waals surface area (Å²) < 4.78 is 38.7. The summed E-state index contributed by atoms with van der Waals surface area (Å²) in [6, 6.07) is 5.40. The van der Waals surface area contributed by atoms with Gasteiger partial charge in [-0.1, -0.05) is 12.1 Å². The molecule has 1 aliphatic rings. The number of benzene rings is 1. The second-order valence-corrected chi connectivity index (χ2v) is 5.99. The van der Waals surface area contributed by atoms with Gasteiger partial charge >= 0.3 is 18.2 Å². The fraction of sp³-hybridized carbons (Fsp3) is 0.500. The number of carbonyl (C=O) groups excluding carboxylic acids is 1. The second kappa shape index (κ2) is 7.73. The van der Waals surface area contributed by atoms with Gasteiger partial charge in [0, 0.05) is 32.2 Å². The molecule has 138 valence electrons. The van der Waals surface area contributed by atoms with E-state index in [2.05, 4.69) is 5.32 Å². The van der Waals surface area contributed by atoms with Crippen molar-refractivity contribution in [1.82, 2.24) is 10.2 Å². The highest BCUT2D eigenvalue weighted by Gasteiger charge is 2.47. The molecule has 3 N–H and O–H groups in total. The number of carboxylic acid groups (broad SMARTS) is 1. The van der Waals surface area contributed by atoms with Crippen LogP contribution in [0.1, 0.15) is 22.3 Å². The standard InChI is InChI=1S/C16H19F3N2O4/c17-16(18,19)13-5-6-21(8-12(13)9-22)15(25)20-7-10-1-3-11(4-2-10)14(23)24/h1-4,12-13,22H,5-9H2,(H,20,25)(H,23,24). The van der Waals surface area contributed by atoms with Gasteiger partial charge in [0.25, 0.3) is 0 Å². The monoisotopic (exact) mass is 360 g/mol. The van der Waals surface area contributed by atoms with E-state index in [1.165, 1.54) is 17.0 Å². The highest BCUT2D eigenvalue weighted by molar-refractivity contribution is 5.87. The van der Waals surface area contributed by atoms with E-state index in [1.54, 1.807) is 12.1 Å². The second-order valence-electron chi connectivity index (χ2n) is 5.99. The fourth-order valence-corrected chi connectivity index (χ4v) is 2.89. The van der Waals surface area contributed by atoms with Gasteiger partial charge in [-0.2, -0.15) is 13.2 Å². The van der Waals surface area contributed by atoms with E-state index in [0.717, 1.165) is 0 Å². The third kappa shape index (κ3) is 4.85. The van der Waals surface area contributed by atoms with Crippen LogP contribution in [0, 0.1) is 11.8 Å². The quantitative estimate of drug-likeness (QED) is 0.767. The molecule has 6 nitrogen and oxygen atoms in total. The van der Waals surface area contributed by atoms with E-state index >= 15 is 0 Å². The number of urea groups is 1. The van der Waals surface area contributed by atoms with Gasteiger partial charge in [0.15, 0.2) is 0 Å². The Morgan fingerprint density at radius 1 is 1.24 bits per heavy atom. The summed E-state index contributed by atoms with van der Waals surface area (Å²) in [7, 11) is 0. The van der Waals surface area contributed by atoms with Crippen LogP contribution < -0.4 is 5.32 Å². The van der Waals surface area contributed by atoms with Crippen molar-refractivity contribution in [3.05, 3.63) is 35.4 Å². The van der Waals surface area contributed by atoms with Crippen molar-refractivity contribution >= 4 is 12.0 Å². The van der Waals surface area contributed by atoms with Crippen molar-refractivity contribution in [1.29, 1.82) is 0 Å². The number of nitrogens with zero attached hydrogens (tertiary/aromatic N) is 1. The Hall–Kier alpha value is -2.29. The normalized spacial score (nSPS) is 21.0. The van der Waals surface area contributed by atoms with Crippen LogP contribution in [0.25, 0.3) is 0 Å². The first-order valence-electron chi connectivity index (χ1n) is 7.75. The third-order valence-electron chi connectivity index (χ3n) is 4.32. The number of piperidine rings is 1. The smallest absolute Gasteiger partial charge is 0.392 e. The molecular formula is C16H19F3N2O4. The van der Waals surface area contributed by atoms with E-state index < -0.39 is 36.6 Å². The molecule has 1 fully saturated rings. The van der Waals surface area contributed by atoms with Crippen LogP contribution in [0.4, 0.5) is 18.0 Å². The minimum atomic E-state index is -4.39. The minimum absolute atomic E-state index is 0.0372. The molecule has 9 heteroatoms. The Kier molecular flexibility index (Phi) is 5.89. The lowest BCUT2D eigenvalue weighted by Gasteiger charge is -2.38. The summed E-state index contributed by atoms with van der Waals surface area (Å²) in [4.78, 5) is 24.1. The first-order valence-corrected chi connectivity index (χ1v) is 7.75. The number of hydrogen-bond acceptors (Lipinski definition) is 3. The Labute approximate surface area is 142 Å². The molecule has 0 aromatic heterocycles. The number of alkyl halides is 3. The zero-order valence-electron chi connectivity index (χ0n) is 13.3. The van der Waals surface area contributed by atoms with Gasteiger partial charge in [0.2, 0.25) is 0 Å². The maximum Gasteiger partial charge on any atom is 0.392 e. The Bertz CT molecular complexity index is 619. The number of rotatable bonds is 4. The molecule has 1 heterocycles. The molecule has 25 heavy (non-hydrogen) atoms. The van der Waals surface area contributed by atoms with Crippen LogP contribution in [0.15, 0.2) is 24.3 Å². The SMILES string of the molecule is O=C(O)c1ccc(CNC(=O)N2CCC(C(F)(F)F)C(CO)C2)cc1. The molecule has 1 saturated heterocycles. The molecule has 1 aromatic carbocycles. The number of halogens is 3. The van der Waals surface area contributed by atoms with Crippen LogP contribution in [0.2, 0.25) is 0 Å². The lowest BCUT2D eigenvalue weighted by atomic mass is 9.85. The summed E-state index contributed by atoms with van der Waals surface area (Å²) in [5.74, 6) is -3.70. The molecule has 0 radical (unpaired) electrons. The summed E-state index contributed by atoms with van der Waals surface area (Å²) in [6.07, 6.45) is -4.63. The van der Waals surface area contributed by atoms with Crippen molar-refractivity contribution < 1.29 is 33.0 Å². The third-order valence-corrected chi connectivity index (χ3v) is 4.32. The van der Waals surface area contributed by atoms with Crippen LogP contribution in [0.3, 0.4) is 0 Å². The highest BCUT2D eigenvalue weighted by atomic mass is 19.4. The van der Waals surface area contributed by atoms with Crippen molar-refractivity contribution in [2.24, 2.45) is 11.8 Å². The van der Waals surface area contributed by atoms with Crippen molar-refractivity contribution in [3.63, 3.8) is 0 Å². The Balaban J connectivity index is 1.90. The molecule has 0 bridgehead atoms. The molecule has 0 spiro atoms. The maximum atomic E-state index is 12.9. The van der Waals surface area contributed by atoms with Gasteiger partial charge in [-0.05, 0) is 24.1 Å². The predicted molar refractivity (Wildman–Crippen MR) is 81.9 cm³/mol. The lowest BCUT2D eigenvalue weighted by Crippen LogP contribution is -2.51. The summed E-state index contributed by atoms with van der Waals surface area (Å²) in [6.45, 7) is -0.707. The average Bonchev–Trinajstić information content (AvgIpc) is 2.58. The molecule has 1 aromatic rings. The maximum absolute atomic E-state index is 12.9. The van der Waals surface area contributed by atoms with Gasteiger partial charge in [-0.3, -0.25) is 0 Å². The van der Waals surface area contributed by atoms with Crippen LogP contribution in [-0.2, 0) is 6.54 Å². The topological polar surface area (TPSA) is 89.9 Å². The number of amides is 2. The zero-order chi connectivity index (χ0) is 18.6. The van der Waals surface area contributed by atoms with Gasteiger partial charge in [-0.25, -0.2) is 9.59 Å². The molecule has 0 saturated carbocycles. The van der Waals surface area contributed by atoms with Crippen LogP contribution in [0.5, 0.6) is 0 Å². The molecule has 2 atom stereocenters. The van der Waals surface area contributed by atoms with Crippen LogP contribution in [-0.4, -0.2) is 53.0 Å². The first-order chi connectivity index (χ1) is 11.7. The Morgan fingerprint density at radius 2 is 1.88 bits per heavy atom. The van der Waals surface area contributed by atoms with Gasteiger partial charge in [0.05, 0.1) is 11.5 Å². The number of aliphatic hydroxyl groups excluding tert-OH is 1. The van der Waals surface area contributed by atoms with Crippen molar-refractivity contribution in [3.8, 4) is 0 Å². The molecule has 0 aliphatic carbocycles. The fourth-order valence-electron chi connectivity index (χ4n) is 2.89. The highest BCUT2D eigenvalue weighted by Crippen LogP contribution is 2.37. The van der Waals surface area contributed by atoms with Crippen molar-refractivity contribution in [2.75, 3.05) is 19.7 Å². The number of hydrogen-bond donors (Lipinski definition) is 3. The van der Waals surface area contributed by atoms with E-state index in [1.807, 2.05) is 0 Å². The number of aromatic carboxylic acids is 1. The summed E-state index contributed by atoms with van der Waals surface area (Å²) in [5, 5.41) is 20.6. The number of nitrogens with one attached hydrogen (secondary N) is 1. The predicted octanol–water partition coefficient (Wildman–Crippen LogP) is 2.09. The largest absolute Gasteiger partial charge is 0.478 e. The number of carbonyl (C=O) groups is 2.